The van der Waals surface area contributed by atoms with E-state index in [4.69, 9.17) is 4.52 Å². The Bertz CT molecular complexity index is 1170. The average molecular weight is 515 g/mol. The molecule has 1 saturated heterocycles. The lowest BCUT2D eigenvalue weighted by molar-refractivity contribution is 0.191. The van der Waals surface area contributed by atoms with Crippen LogP contribution in [-0.4, -0.2) is 49.6 Å². The lowest BCUT2D eigenvalue weighted by atomic mass is 9.99. The van der Waals surface area contributed by atoms with Crippen molar-refractivity contribution < 1.29 is 17.3 Å². The first-order valence-electron chi connectivity index (χ1n) is 10.7. The van der Waals surface area contributed by atoms with Gasteiger partial charge in [0.05, 0.1) is 9.77 Å². The minimum Gasteiger partial charge on any atom is -0.333 e. The molecule has 2 aromatic heterocycles. The first kappa shape index (κ1) is 25.8. The van der Waals surface area contributed by atoms with Gasteiger partial charge in [-0.3, -0.25) is 0 Å². The monoisotopic (exact) mass is 514 g/mol. The molecule has 1 aliphatic rings. The normalized spacial score (nSPS) is 15.5. The van der Waals surface area contributed by atoms with Gasteiger partial charge in [-0.15, -0.1) is 23.7 Å². The molecule has 1 aromatic carbocycles. The number of nitrogens with one attached hydrogen (secondary N) is 1. The van der Waals surface area contributed by atoms with E-state index >= 15 is 0 Å². The molecule has 3 aromatic rings. The zero-order chi connectivity index (χ0) is 22.7. The van der Waals surface area contributed by atoms with Crippen molar-refractivity contribution >= 4 is 33.8 Å². The average Bonchev–Trinajstić information content (AvgIpc) is 3.40. The van der Waals surface area contributed by atoms with E-state index in [1.165, 1.54) is 36.3 Å². The van der Waals surface area contributed by atoms with E-state index in [1.54, 1.807) is 25.1 Å². The number of benzene rings is 1. The van der Waals surface area contributed by atoms with E-state index in [2.05, 4.69) is 26.7 Å². The first-order chi connectivity index (χ1) is 15.3. The standard InChI is InChI=1S/C22H27FN4O3S2.ClH/c1-15-7-11-27(12-8-15)10-4-9-24-32(28,29)20-14-19(31-16(20)2)22-25-21(26-30-22)17-5-3-6-18(23)13-17;/h3,5-6,13-15,24H,4,7-12H2,1-2H3;1H. The number of nitrogens with zero attached hydrogens (tertiary/aromatic N) is 3. The summed E-state index contributed by atoms with van der Waals surface area (Å²) in [6.45, 7) is 7.49. The molecule has 4 rings (SSSR count). The van der Waals surface area contributed by atoms with E-state index in [1.807, 2.05) is 0 Å². The molecule has 0 unspecified atom stereocenters. The van der Waals surface area contributed by atoms with Crippen LogP contribution in [0.3, 0.4) is 0 Å². The Hall–Kier alpha value is -1.85. The van der Waals surface area contributed by atoms with Gasteiger partial charge in [-0.1, -0.05) is 24.2 Å². The van der Waals surface area contributed by atoms with Crippen molar-refractivity contribution in [2.75, 3.05) is 26.2 Å². The summed E-state index contributed by atoms with van der Waals surface area (Å²) in [6.07, 6.45) is 3.18. The van der Waals surface area contributed by atoms with Crippen molar-refractivity contribution in [3.63, 3.8) is 0 Å². The van der Waals surface area contributed by atoms with Crippen LogP contribution in [0.25, 0.3) is 22.2 Å². The zero-order valence-corrected chi connectivity index (χ0v) is 21.0. The molecule has 33 heavy (non-hydrogen) atoms. The van der Waals surface area contributed by atoms with Crippen LogP contribution in [0, 0.1) is 18.7 Å². The van der Waals surface area contributed by atoms with Crippen LogP contribution in [0.15, 0.2) is 39.8 Å². The quantitative estimate of drug-likeness (QED) is 0.437. The van der Waals surface area contributed by atoms with Crippen LogP contribution >= 0.6 is 23.7 Å². The number of piperidine rings is 1. The van der Waals surface area contributed by atoms with Gasteiger partial charge in [-0.05, 0) is 69.9 Å². The molecule has 1 aliphatic heterocycles. The summed E-state index contributed by atoms with van der Waals surface area (Å²) in [5, 5.41) is 3.90. The molecule has 0 saturated carbocycles. The van der Waals surface area contributed by atoms with Crippen molar-refractivity contribution in [2.45, 2.75) is 38.0 Å². The number of aryl methyl sites for hydroxylation is 1. The first-order valence-corrected chi connectivity index (χ1v) is 13.0. The van der Waals surface area contributed by atoms with Crippen LogP contribution in [0.2, 0.25) is 0 Å². The Morgan fingerprint density at radius 3 is 2.76 bits per heavy atom. The van der Waals surface area contributed by atoms with Crippen LogP contribution in [-0.2, 0) is 10.0 Å². The van der Waals surface area contributed by atoms with Gasteiger partial charge < -0.3 is 9.42 Å². The molecule has 0 bridgehead atoms. The van der Waals surface area contributed by atoms with Gasteiger partial charge in [-0.25, -0.2) is 17.5 Å². The highest BCUT2D eigenvalue weighted by Gasteiger charge is 2.23. The Labute approximate surface area is 203 Å². The highest BCUT2D eigenvalue weighted by atomic mass is 35.5. The second kappa shape index (κ2) is 11.1. The summed E-state index contributed by atoms with van der Waals surface area (Å²) < 4.78 is 47.1. The number of halogens is 2. The van der Waals surface area contributed by atoms with Gasteiger partial charge in [0, 0.05) is 17.0 Å². The number of likely N-dealkylation sites (tertiary alicyclic amines) is 1. The zero-order valence-electron chi connectivity index (χ0n) is 18.6. The van der Waals surface area contributed by atoms with Gasteiger partial charge in [0.25, 0.3) is 5.89 Å². The van der Waals surface area contributed by atoms with Crippen LogP contribution < -0.4 is 4.72 Å². The molecule has 3 heterocycles. The molecule has 0 spiro atoms. The number of aromatic nitrogens is 2. The SMILES string of the molecule is Cc1sc(-c2nc(-c3cccc(F)c3)no2)cc1S(=O)(=O)NCCCN1CCC(C)CC1.Cl. The summed E-state index contributed by atoms with van der Waals surface area (Å²) in [5.74, 6) is 0.845. The van der Waals surface area contributed by atoms with Crippen molar-refractivity contribution in [1.29, 1.82) is 0 Å². The third-order valence-electron chi connectivity index (χ3n) is 5.70. The van der Waals surface area contributed by atoms with Gasteiger partial charge in [0.15, 0.2) is 0 Å². The largest absolute Gasteiger partial charge is 0.333 e. The predicted octanol–water partition coefficient (Wildman–Crippen LogP) is 4.73. The summed E-state index contributed by atoms with van der Waals surface area (Å²) in [7, 11) is -3.64. The van der Waals surface area contributed by atoms with Gasteiger partial charge in [0.2, 0.25) is 15.8 Å². The van der Waals surface area contributed by atoms with Crippen molar-refractivity contribution in [1.82, 2.24) is 19.8 Å². The van der Waals surface area contributed by atoms with Gasteiger partial charge in [-0.2, -0.15) is 4.98 Å². The van der Waals surface area contributed by atoms with E-state index in [-0.39, 0.29) is 29.0 Å². The number of sulfonamides is 1. The molecule has 180 valence electrons. The second-order valence-electron chi connectivity index (χ2n) is 8.24. The number of rotatable bonds is 8. The lowest BCUT2D eigenvalue weighted by Crippen LogP contribution is -2.35. The third kappa shape index (κ3) is 6.39. The maximum atomic E-state index is 13.5. The summed E-state index contributed by atoms with van der Waals surface area (Å²) in [6, 6.07) is 7.46. The second-order valence-corrected chi connectivity index (χ2v) is 11.2. The number of thiophene rings is 1. The molecule has 11 heteroatoms. The fourth-order valence-corrected chi connectivity index (χ4v) is 6.36. The number of hydrogen-bond donors (Lipinski definition) is 1. The van der Waals surface area contributed by atoms with Gasteiger partial charge in [0.1, 0.15) is 5.82 Å². The molecule has 0 aliphatic carbocycles. The summed E-state index contributed by atoms with van der Waals surface area (Å²) in [5.41, 5.74) is 0.492. The number of hydrogen-bond acceptors (Lipinski definition) is 7. The molecule has 7 nitrogen and oxygen atoms in total. The third-order valence-corrected chi connectivity index (χ3v) is 8.46. The summed E-state index contributed by atoms with van der Waals surface area (Å²) in [4.78, 5) is 8.12. The molecule has 0 radical (unpaired) electrons. The molecule has 1 fully saturated rings. The molecule has 1 N–H and O–H groups in total. The molecular weight excluding hydrogens is 487 g/mol. The van der Waals surface area contributed by atoms with Crippen LogP contribution in [0.1, 0.15) is 31.1 Å². The maximum absolute atomic E-state index is 13.5. The van der Waals surface area contributed by atoms with E-state index in [9.17, 15) is 12.8 Å². The van der Waals surface area contributed by atoms with Crippen LogP contribution in [0.4, 0.5) is 4.39 Å². The minimum atomic E-state index is -3.64. The highest BCUT2D eigenvalue weighted by molar-refractivity contribution is 7.89. The van der Waals surface area contributed by atoms with Gasteiger partial charge >= 0.3 is 0 Å². The molecule has 0 atom stereocenters. The Morgan fingerprint density at radius 1 is 1.27 bits per heavy atom. The molecular formula is C22H28ClFN4O3S2. The van der Waals surface area contributed by atoms with Crippen molar-refractivity contribution in [3.05, 3.63) is 41.0 Å². The van der Waals surface area contributed by atoms with Crippen molar-refractivity contribution in [3.8, 4) is 22.2 Å². The van der Waals surface area contributed by atoms with E-state index in [0.29, 0.717) is 21.9 Å². The topological polar surface area (TPSA) is 88.3 Å². The smallest absolute Gasteiger partial charge is 0.268 e. The lowest BCUT2D eigenvalue weighted by Gasteiger charge is -2.30. The Morgan fingerprint density at radius 2 is 2.03 bits per heavy atom. The predicted molar refractivity (Wildman–Crippen MR) is 130 cm³/mol. The minimum absolute atomic E-state index is 0. The van der Waals surface area contributed by atoms with E-state index < -0.39 is 15.8 Å². The highest BCUT2D eigenvalue weighted by Crippen LogP contribution is 2.33. The van der Waals surface area contributed by atoms with Crippen LogP contribution in [0.5, 0.6) is 0 Å². The maximum Gasteiger partial charge on any atom is 0.268 e. The van der Waals surface area contributed by atoms with Crippen molar-refractivity contribution in [2.24, 2.45) is 5.92 Å². The molecule has 0 amide bonds. The Balaban J connectivity index is 0.00000306. The van der Waals surface area contributed by atoms with E-state index in [0.717, 1.165) is 32.0 Å². The Kier molecular flexibility index (Phi) is 8.63. The fourth-order valence-electron chi connectivity index (χ4n) is 3.78. The fraction of sp³-hybridized carbons (Fsp3) is 0.455. The summed E-state index contributed by atoms with van der Waals surface area (Å²) >= 11 is 1.27.